The first kappa shape index (κ1) is 20.5. The summed E-state index contributed by atoms with van der Waals surface area (Å²) in [4.78, 5) is 24.6. The second kappa shape index (κ2) is 8.22. The average Bonchev–Trinajstić information content (AvgIpc) is 2.96. The van der Waals surface area contributed by atoms with Gasteiger partial charge in [0.25, 0.3) is 5.16 Å². The topological polar surface area (TPSA) is 46.2 Å². The number of aryl methyl sites for hydroxylation is 2. The minimum atomic E-state index is -0.339. The molecule has 1 aromatic heterocycles. The van der Waals surface area contributed by atoms with E-state index in [4.69, 9.17) is 0 Å². The van der Waals surface area contributed by atoms with Crippen molar-refractivity contribution in [1.82, 2.24) is 9.47 Å². The number of benzene rings is 2. The number of carbonyl (C=O) groups is 2. The summed E-state index contributed by atoms with van der Waals surface area (Å²) in [5.74, 6) is -0.677. The van der Waals surface area contributed by atoms with Crippen LogP contribution in [0.2, 0.25) is 0 Å². The van der Waals surface area contributed by atoms with Crippen LogP contribution in [0, 0.1) is 13.3 Å². The summed E-state index contributed by atoms with van der Waals surface area (Å²) in [6.07, 6.45) is 7.74. The van der Waals surface area contributed by atoms with Gasteiger partial charge in [-0.15, -0.1) is 0 Å². The Labute approximate surface area is 172 Å². The third-order valence-electron chi connectivity index (χ3n) is 4.10. The second-order valence-electron chi connectivity index (χ2n) is 5.69. The first-order valence-electron chi connectivity index (χ1n) is 7.59. The van der Waals surface area contributed by atoms with E-state index in [2.05, 4.69) is 13.3 Å². The third kappa shape index (κ3) is 3.50. The summed E-state index contributed by atoms with van der Waals surface area (Å²) in [5, 5.41) is 2.81. The Kier molecular flexibility index (Phi) is 6.47. The first-order valence-corrected chi connectivity index (χ1v) is 8.58. The van der Waals surface area contributed by atoms with Crippen LogP contribution in [0.4, 0.5) is 0 Å². The number of hydrogen-bond donors (Lipinski definition) is 0. The predicted octanol–water partition coefficient (Wildman–Crippen LogP) is 2.96. The molecule has 0 bridgehead atoms. The van der Waals surface area contributed by atoms with Gasteiger partial charge in [-0.25, -0.2) is 27.9 Å². The zero-order valence-electron chi connectivity index (χ0n) is 14.5. The van der Waals surface area contributed by atoms with Gasteiger partial charge in [-0.3, -0.25) is 15.8 Å². The molecule has 0 aliphatic carbocycles. The molecule has 2 heterocycles. The third-order valence-corrected chi connectivity index (χ3v) is 4.94. The Hall–Kier alpha value is -1.86. The normalized spacial score (nSPS) is 12.5. The van der Waals surface area contributed by atoms with E-state index in [0.717, 1.165) is 20.8 Å². The number of aromatic nitrogens is 2. The van der Waals surface area contributed by atoms with Crippen molar-refractivity contribution >= 4 is 34.3 Å². The Morgan fingerprint density at radius 2 is 1.58 bits per heavy atom. The van der Waals surface area contributed by atoms with Crippen LogP contribution >= 0.6 is 11.8 Å². The van der Waals surface area contributed by atoms with Crippen molar-refractivity contribution in [3.8, 4) is 0 Å². The maximum absolute atomic E-state index is 11.9. The molecule has 0 fully saturated rings. The van der Waals surface area contributed by atoms with E-state index < -0.39 is 0 Å². The van der Waals surface area contributed by atoms with Crippen molar-refractivity contribution in [3.63, 3.8) is 0 Å². The van der Waals surface area contributed by atoms with Crippen molar-refractivity contribution in [2.24, 2.45) is 14.1 Å². The molecule has 4 rings (SSSR count). The Bertz CT molecular complexity index is 914. The van der Waals surface area contributed by atoms with Gasteiger partial charge >= 0.3 is 22.4 Å². The van der Waals surface area contributed by atoms with E-state index in [1.807, 2.05) is 59.9 Å². The zero-order chi connectivity index (χ0) is 18.1. The molecule has 1 aliphatic heterocycles. The SMILES string of the molecule is [CH2-]N1C(=O)c2cccc3cccc(c23)C1=O.[CH2-]Sc1n(C)cc[n+]1C.[Ta+2]. The van der Waals surface area contributed by atoms with Crippen LogP contribution < -0.4 is 4.57 Å². The Balaban J connectivity index is 0.000000210. The van der Waals surface area contributed by atoms with Crippen molar-refractivity contribution in [2.45, 2.75) is 5.16 Å². The van der Waals surface area contributed by atoms with Gasteiger partial charge < -0.3 is 4.90 Å². The van der Waals surface area contributed by atoms with Crippen molar-refractivity contribution in [2.75, 3.05) is 0 Å². The molecule has 2 amide bonds. The molecule has 0 N–H and O–H groups in total. The largest absolute Gasteiger partial charge is 2.00 e. The van der Waals surface area contributed by atoms with Gasteiger partial charge in [0.05, 0.1) is 14.1 Å². The van der Waals surface area contributed by atoms with Crippen LogP contribution in [0.15, 0.2) is 53.9 Å². The van der Waals surface area contributed by atoms with Gasteiger partial charge in [0.2, 0.25) is 11.8 Å². The molecule has 0 spiro atoms. The van der Waals surface area contributed by atoms with Crippen LogP contribution in [-0.4, -0.2) is 21.3 Å². The monoisotopic (exact) mass is 533 g/mol. The van der Waals surface area contributed by atoms with E-state index >= 15 is 0 Å². The molecule has 5 nitrogen and oxygen atoms in total. The molecule has 3 aromatic rings. The summed E-state index contributed by atoms with van der Waals surface area (Å²) in [6.45, 7) is 0. The minimum absolute atomic E-state index is 0. The van der Waals surface area contributed by atoms with E-state index in [1.165, 1.54) is 11.8 Å². The van der Waals surface area contributed by atoms with Crippen LogP contribution in [0.25, 0.3) is 10.8 Å². The fraction of sp³-hybridized carbons (Fsp3) is 0.105. The average molecular weight is 533 g/mol. The molecule has 0 atom stereocenters. The molecule has 0 unspecified atom stereocenters. The Morgan fingerprint density at radius 1 is 1.04 bits per heavy atom. The molecular weight excluding hydrogens is 515 g/mol. The van der Waals surface area contributed by atoms with Crippen molar-refractivity contribution in [1.29, 1.82) is 0 Å². The van der Waals surface area contributed by atoms with E-state index in [1.54, 1.807) is 12.1 Å². The van der Waals surface area contributed by atoms with Gasteiger partial charge in [0.15, 0.2) is 0 Å². The van der Waals surface area contributed by atoms with Crippen molar-refractivity contribution < 1.29 is 36.5 Å². The van der Waals surface area contributed by atoms with E-state index in [-0.39, 0.29) is 34.2 Å². The van der Waals surface area contributed by atoms with Crippen molar-refractivity contribution in [3.05, 3.63) is 73.2 Å². The van der Waals surface area contributed by atoms with Crippen LogP contribution in [-0.2, 0) is 36.5 Å². The smallest absolute Gasteiger partial charge is 0.430 e. The van der Waals surface area contributed by atoms with Gasteiger partial charge in [0.1, 0.15) is 12.4 Å². The molecule has 26 heavy (non-hydrogen) atoms. The minimum Gasteiger partial charge on any atom is -0.430 e. The molecule has 1 aliphatic rings. The quantitative estimate of drug-likeness (QED) is 0.209. The van der Waals surface area contributed by atoms with Crippen LogP contribution in [0.1, 0.15) is 20.7 Å². The fourth-order valence-corrected chi connectivity index (χ4v) is 3.39. The molecule has 7 heteroatoms. The second-order valence-corrected chi connectivity index (χ2v) is 6.35. The molecular formula is C19H18N3O2STa+. The summed E-state index contributed by atoms with van der Waals surface area (Å²) in [7, 11) is 7.49. The number of imide groups is 1. The first-order chi connectivity index (χ1) is 12.0. The maximum atomic E-state index is 11.9. The maximum Gasteiger partial charge on any atom is 2.00 e. The van der Waals surface area contributed by atoms with Crippen LogP contribution in [0.5, 0.6) is 0 Å². The standard InChI is InChI=1S/C13H8NO2.C6H10N2S.Ta/c1-14-12(15)9-6-2-4-8-5-3-7-10(11(8)9)13(14)16;1-7-4-5-8(2)6(7)9-3;/h2-7H,1H2;4-5H,3H2,1-2H3;/q-1;;+2. The molecule has 131 valence electrons. The number of amides is 2. The van der Waals surface area contributed by atoms with Gasteiger partial charge in [-0.1, -0.05) is 24.3 Å². The molecule has 2 aromatic carbocycles. The number of imidazole rings is 1. The number of hydrogen-bond acceptors (Lipinski definition) is 3. The number of rotatable bonds is 1. The predicted molar refractivity (Wildman–Crippen MR) is 97.6 cm³/mol. The zero-order valence-corrected chi connectivity index (χ0v) is 18.6. The summed E-state index contributed by atoms with van der Waals surface area (Å²) in [6, 6.07) is 10.8. The summed E-state index contributed by atoms with van der Waals surface area (Å²) in [5.41, 5.74) is 1.09. The molecule has 0 saturated heterocycles. The number of thioether (sulfide) groups is 1. The molecule has 0 saturated carbocycles. The van der Waals surface area contributed by atoms with Crippen LogP contribution in [0.3, 0.4) is 0 Å². The van der Waals surface area contributed by atoms with E-state index in [9.17, 15) is 9.59 Å². The summed E-state index contributed by atoms with van der Waals surface area (Å²) < 4.78 is 4.08. The Morgan fingerprint density at radius 3 is 1.96 bits per heavy atom. The fourth-order valence-electron chi connectivity index (χ4n) is 2.86. The summed E-state index contributed by atoms with van der Waals surface area (Å²) >= 11 is 1.50. The molecule has 1 radical (unpaired) electrons. The number of nitrogens with zero attached hydrogens (tertiary/aromatic N) is 3. The van der Waals surface area contributed by atoms with Gasteiger partial charge in [0, 0.05) is 16.5 Å². The number of carbonyl (C=O) groups excluding carboxylic acids is 2. The van der Waals surface area contributed by atoms with Gasteiger partial charge in [-0.05, 0) is 17.5 Å². The van der Waals surface area contributed by atoms with E-state index in [0.29, 0.717) is 11.1 Å². The van der Waals surface area contributed by atoms with Gasteiger partial charge in [-0.2, -0.15) is 0 Å².